The second-order valence-corrected chi connectivity index (χ2v) is 4.49. The van der Waals surface area contributed by atoms with Crippen LogP contribution in [0.3, 0.4) is 0 Å². The fourth-order valence-electron chi connectivity index (χ4n) is 1.95. The first-order valence-corrected chi connectivity index (χ1v) is 6.89. The fourth-order valence-corrected chi connectivity index (χ4v) is 1.95. The monoisotopic (exact) mass is 399 g/mol. The van der Waals surface area contributed by atoms with Gasteiger partial charge in [-0.15, -0.1) is 24.0 Å². The van der Waals surface area contributed by atoms with Crippen LogP contribution in [-0.2, 0) is 12.8 Å². The van der Waals surface area contributed by atoms with Gasteiger partial charge in [0, 0.05) is 26.6 Å². The van der Waals surface area contributed by atoms with E-state index in [-0.39, 0.29) is 24.0 Å². The smallest absolute Gasteiger partial charge is 0.191 e. The molecule has 4 nitrogen and oxygen atoms in total. The topological polar surface area (TPSA) is 49.6 Å². The Labute approximate surface area is 143 Å². The van der Waals surface area contributed by atoms with Gasteiger partial charge >= 0.3 is 0 Å². The average molecular weight is 399 g/mol. The van der Waals surface area contributed by atoms with Gasteiger partial charge in [0.05, 0.1) is 6.26 Å². The zero-order chi connectivity index (χ0) is 14.0. The van der Waals surface area contributed by atoms with Crippen molar-refractivity contribution in [3.63, 3.8) is 0 Å². The third-order valence-electron chi connectivity index (χ3n) is 3.02. The summed E-state index contributed by atoms with van der Waals surface area (Å²) in [6.07, 6.45) is 3.54. The molecule has 0 saturated heterocycles. The second-order valence-electron chi connectivity index (χ2n) is 4.49. The molecule has 0 spiro atoms. The van der Waals surface area contributed by atoms with Gasteiger partial charge in [0.2, 0.25) is 0 Å². The van der Waals surface area contributed by atoms with E-state index in [9.17, 15) is 0 Å². The number of rotatable bonds is 6. The number of benzene rings is 1. The van der Waals surface area contributed by atoms with Crippen molar-refractivity contribution in [2.24, 2.45) is 4.99 Å². The van der Waals surface area contributed by atoms with E-state index >= 15 is 0 Å². The molecule has 0 aliphatic heterocycles. The Morgan fingerprint density at radius 1 is 1.00 bits per heavy atom. The Morgan fingerprint density at radius 2 is 1.71 bits per heavy atom. The van der Waals surface area contributed by atoms with Gasteiger partial charge in [-0.1, -0.05) is 30.3 Å². The molecule has 5 heteroatoms. The minimum absolute atomic E-state index is 0. The van der Waals surface area contributed by atoms with Crippen LogP contribution in [0.4, 0.5) is 0 Å². The first-order valence-electron chi connectivity index (χ1n) is 6.89. The number of hydrogen-bond acceptors (Lipinski definition) is 2. The van der Waals surface area contributed by atoms with Crippen molar-refractivity contribution in [2.75, 3.05) is 20.1 Å². The molecule has 0 fully saturated rings. The van der Waals surface area contributed by atoms with Crippen LogP contribution in [0.2, 0.25) is 0 Å². The third kappa shape index (κ3) is 6.66. The van der Waals surface area contributed by atoms with E-state index in [0.717, 1.165) is 37.7 Å². The molecule has 0 aliphatic rings. The SMILES string of the molecule is CN=C(NCCc1ccccc1)NCCc1ccco1.I. The van der Waals surface area contributed by atoms with Crippen LogP contribution in [0.1, 0.15) is 11.3 Å². The predicted molar refractivity (Wildman–Crippen MR) is 97.3 cm³/mol. The van der Waals surface area contributed by atoms with Gasteiger partial charge in [0.15, 0.2) is 5.96 Å². The van der Waals surface area contributed by atoms with Crippen LogP contribution in [0, 0.1) is 0 Å². The van der Waals surface area contributed by atoms with Gasteiger partial charge in [-0.05, 0) is 24.1 Å². The molecule has 1 heterocycles. The summed E-state index contributed by atoms with van der Waals surface area (Å²) in [7, 11) is 1.78. The van der Waals surface area contributed by atoms with Gasteiger partial charge in [0.25, 0.3) is 0 Å². The summed E-state index contributed by atoms with van der Waals surface area (Å²) < 4.78 is 5.29. The molecular weight excluding hydrogens is 377 g/mol. The van der Waals surface area contributed by atoms with E-state index in [1.807, 2.05) is 18.2 Å². The summed E-state index contributed by atoms with van der Waals surface area (Å²) in [6, 6.07) is 14.3. The summed E-state index contributed by atoms with van der Waals surface area (Å²) in [6.45, 7) is 1.67. The average Bonchev–Trinajstić information content (AvgIpc) is 3.00. The molecule has 0 radical (unpaired) electrons. The Balaban J connectivity index is 0.00000220. The van der Waals surface area contributed by atoms with Gasteiger partial charge in [-0.25, -0.2) is 0 Å². The van der Waals surface area contributed by atoms with Crippen LogP contribution >= 0.6 is 24.0 Å². The Bertz CT molecular complexity index is 512. The summed E-state index contributed by atoms with van der Waals surface area (Å²) in [5.74, 6) is 1.81. The number of nitrogens with one attached hydrogen (secondary N) is 2. The van der Waals surface area contributed by atoms with Gasteiger partial charge < -0.3 is 15.1 Å². The van der Waals surface area contributed by atoms with E-state index in [1.54, 1.807) is 13.3 Å². The molecule has 114 valence electrons. The number of halogens is 1. The van der Waals surface area contributed by atoms with Gasteiger partial charge in [-0.2, -0.15) is 0 Å². The van der Waals surface area contributed by atoms with Crippen LogP contribution in [0.25, 0.3) is 0 Å². The molecular formula is C16H22IN3O. The molecule has 2 rings (SSSR count). The highest BCUT2D eigenvalue weighted by atomic mass is 127. The standard InChI is InChI=1S/C16H21N3O.HI/c1-17-16(19-12-10-15-8-5-13-20-15)18-11-9-14-6-3-2-4-7-14;/h2-8,13H,9-12H2,1H3,(H2,17,18,19);1H. The molecule has 1 aromatic carbocycles. The van der Waals surface area contributed by atoms with Crippen molar-refractivity contribution in [3.05, 3.63) is 60.1 Å². The molecule has 2 N–H and O–H groups in total. The maximum atomic E-state index is 5.29. The molecule has 0 bridgehead atoms. The molecule has 0 atom stereocenters. The predicted octanol–water partition coefficient (Wildman–Crippen LogP) is 2.85. The summed E-state index contributed by atoms with van der Waals surface area (Å²) in [5.41, 5.74) is 1.33. The highest BCUT2D eigenvalue weighted by molar-refractivity contribution is 14.0. The fraction of sp³-hybridized carbons (Fsp3) is 0.312. The van der Waals surface area contributed by atoms with Crippen LogP contribution in [0.5, 0.6) is 0 Å². The lowest BCUT2D eigenvalue weighted by atomic mass is 10.1. The first kappa shape index (κ1) is 17.6. The quantitative estimate of drug-likeness (QED) is 0.446. The first-order chi connectivity index (χ1) is 9.88. The Hall–Kier alpha value is -1.50. The number of guanidine groups is 1. The summed E-state index contributed by atoms with van der Waals surface area (Å²) in [4.78, 5) is 4.20. The summed E-state index contributed by atoms with van der Waals surface area (Å²) >= 11 is 0. The van der Waals surface area contributed by atoms with Crippen molar-refractivity contribution >= 4 is 29.9 Å². The van der Waals surface area contributed by atoms with Crippen molar-refractivity contribution in [2.45, 2.75) is 12.8 Å². The van der Waals surface area contributed by atoms with Crippen molar-refractivity contribution < 1.29 is 4.42 Å². The molecule has 0 amide bonds. The van der Waals surface area contributed by atoms with E-state index < -0.39 is 0 Å². The van der Waals surface area contributed by atoms with Crippen molar-refractivity contribution in [1.82, 2.24) is 10.6 Å². The van der Waals surface area contributed by atoms with Crippen molar-refractivity contribution in [3.8, 4) is 0 Å². The molecule has 2 aromatic rings. The third-order valence-corrected chi connectivity index (χ3v) is 3.02. The minimum atomic E-state index is 0. The summed E-state index contributed by atoms with van der Waals surface area (Å²) in [5, 5.41) is 6.58. The highest BCUT2D eigenvalue weighted by Crippen LogP contribution is 1.99. The van der Waals surface area contributed by atoms with E-state index in [1.165, 1.54) is 5.56 Å². The zero-order valence-corrected chi connectivity index (χ0v) is 14.5. The molecule has 0 saturated carbocycles. The molecule has 21 heavy (non-hydrogen) atoms. The maximum absolute atomic E-state index is 5.29. The number of hydrogen-bond donors (Lipinski definition) is 2. The molecule has 0 aliphatic carbocycles. The van der Waals surface area contributed by atoms with Crippen LogP contribution < -0.4 is 10.6 Å². The van der Waals surface area contributed by atoms with E-state index in [0.29, 0.717) is 0 Å². The van der Waals surface area contributed by atoms with Crippen LogP contribution in [0.15, 0.2) is 58.1 Å². The largest absolute Gasteiger partial charge is 0.469 e. The van der Waals surface area contributed by atoms with Gasteiger partial charge in [0.1, 0.15) is 5.76 Å². The van der Waals surface area contributed by atoms with Crippen molar-refractivity contribution in [1.29, 1.82) is 0 Å². The number of nitrogens with zero attached hydrogens (tertiary/aromatic N) is 1. The number of aliphatic imine (C=N–C) groups is 1. The Kier molecular flexibility index (Phi) is 8.57. The zero-order valence-electron chi connectivity index (χ0n) is 12.2. The van der Waals surface area contributed by atoms with E-state index in [4.69, 9.17) is 4.42 Å². The lowest BCUT2D eigenvalue weighted by Crippen LogP contribution is -2.39. The second kappa shape index (κ2) is 10.3. The minimum Gasteiger partial charge on any atom is -0.469 e. The van der Waals surface area contributed by atoms with Crippen LogP contribution in [-0.4, -0.2) is 26.1 Å². The van der Waals surface area contributed by atoms with Gasteiger partial charge in [-0.3, -0.25) is 4.99 Å². The Morgan fingerprint density at radius 3 is 2.33 bits per heavy atom. The van der Waals surface area contributed by atoms with E-state index in [2.05, 4.69) is 39.9 Å². The highest BCUT2D eigenvalue weighted by Gasteiger charge is 1.99. The lowest BCUT2D eigenvalue weighted by molar-refractivity contribution is 0.507. The maximum Gasteiger partial charge on any atom is 0.191 e. The molecule has 1 aromatic heterocycles. The normalized spacial score (nSPS) is 10.8. The number of furan rings is 1. The molecule has 0 unspecified atom stereocenters. The lowest BCUT2D eigenvalue weighted by Gasteiger charge is -2.11.